The number of amides is 3. The standard InChI is InChI=1S/C19H30N5O3/c1-11-7-12(2)9-23(8-11)10-15-20-17-16(24(15)13(3)14(4)25)18(26)22(6)19(27)21(17)5/h11-13,16H,7-10H2,1-6H3/q+1. The highest BCUT2D eigenvalue weighted by molar-refractivity contribution is 6.23. The molecule has 0 bridgehead atoms. The number of fused-ring (bicyclic) bond motifs is 1. The molecule has 3 aliphatic rings. The Hall–Kier alpha value is -2.09. The van der Waals surface area contributed by atoms with Gasteiger partial charge < -0.3 is 0 Å². The third-order valence-electron chi connectivity index (χ3n) is 5.86. The topological polar surface area (TPSA) is 76.3 Å². The van der Waals surface area contributed by atoms with Gasteiger partial charge in [-0.2, -0.15) is 0 Å². The average molecular weight is 376 g/mol. The smallest absolute Gasteiger partial charge is 0.295 e. The van der Waals surface area contributed by atoms with E-state index in [0.717, 1.165) is 18.0 Å². The minimum atomic E-state index is -0.716. The molecule has 0 radical (unpaired) electrons. The highest BCUT2D eigenvalue weighted by Crippen LogP contribution is 2.24. The second kappa shape index (κ2) is 7.14. The molecule has 8 heteroatoms. The minimum Gasteiger partial charge on any atom is -0.295 e. The van der Waals surface area contributed by atoms with Crippen molar-refractivity contribution < 1.29 is 19.0 Å². The van der Waals surface area contributed by atoms with Gasteiger partial charge in [-0.25, -0.2) is 9.37 Å². The van der Waals surface area contributed by atoms with E-state index in [-0.39, 0.29) is 11.7 Å². The Balaban J connectivity index is 1.99. The number of urea groups is 1. The maximum Gasteiger partial charge on any atom is 0.333 e. The average Bonchev–Trinajstić information content (AvgIpc) is 2.95. The van der Waals surface area contributed by atoms with Gasteiger partial charge in [0.25, 0.3) is 17.8 Å². The monoisotopic (exact) mass is 376 g/mol. The molecule has 0 saturated carbocycles. The van der Waals surface area contributed by atoms with Crippen molar-refractivity contribution >= 4 is 29.4 Å². The summed E-state index contributed by atoms with van der Waals surface area (Å²) in [5, 5.41) is 0. The Kier molecular flexibility index (Phi) is 5.20. The van der Waals surface area contributed by atoms with Crippen LogP contribution < -0.4 is 0 Å². The van der Waals surface area contributed by atoms with Crippen LogP contribution in [-0.4, -0.2) is 94.5 Å². The molecule has 3 amide bonds. The normalized spacial score (nSPS) is 30.6. The van der Waals surface area contributed by atoms with Gasteiger partial charge in [0.15, 0.2) is 11.8 Å². The van der Waals surface area contributed by atoms with E-state index in [1.54, 1.807) is 14.0 Å². The second-order valence-corrected chi connectivity index (χ2v) is 8.36. The van der Waals surface area contributed by atoms with E-state index in [0.29, 0.717) is 30.1 Å². The minimum absolute atomic E-state index is 0.0284. The van der Waals surface area contributed by atoms with E-state index in [9.17, 15) is 14.4 Å². The Morgan fingerprint density at radius 1 is 1.19 bits per heavy atom. The van der Waals surface area contributed by atoms with Crippen molar-refractivity contribution in [1.82, 2.24) is 14.7 Å². The predicted octanol–water partition coefficient (Wildman–Crippen LogP) is 0.657. The number of likely N-dealkylation sites (N-methyl/N-ethyl adjacent to an activating group) is 2. The van der Waals surface area contributed by atoms with E-state index in [2.05, 4.69) is 23.7 Å². The number of amidine groups is 2. The maximum atomic E-state index is 12.9. The lowest BCUT2D eigenvalue weighted by Crippen LogP contribution is -2.62. The molecular formula is C19H30N5O3+. The van der Waals surface area contributed by atoms with Crippen LogP contribution in [0, 0.1) is 11.8 Å². The zero-order valence-electron chi connectivity index (χ0n) is 17.1. The van der Waals surface area contributed by atoms with E-state index in [4.69, 9.17) is 0 Å². The van der Waals surface area contributed by atoms with Gasteiger partial charge >= 0.3 is 11.9 Å². The van der Waals surface area contributed by atoms with Crippen LogP contribution in [-0.2, 0) is 9.59 Å². The van der Waals surface area contributed by atoms with Crippen LogP contribution in [0.2, 0.25) is 0 Å². The number of aliphatic imine (C=N–C) groups is 1. The van der Waals surface area contributed by atoms with Gasteiger partial charge in [-0.15, -0.1) is 0 Å². The number of piperidine rings is 1. The summed E-state index contributed by atoms with van der Waals surface area (Å²) in [6, 6.07) is -1.59. The van der Waals surface area contributed by atoms with Crippen LogP contribution >= 0.6 is 0 Å². The number of likely N-dealkylation sites (tertiary alicyclic amines) is 1. The number of ketones is 1. The number of carbonyl (C=O) groups excluding carboxylic acids is 3. The first-order valence-corrected chi connectivity index (χ1v) is 9.62. The van der Waals surface area contributed by atoms with Crippen LogP contribution in [0.1, 0.15) is 34.1 Å². The molecule has 2 saturated heterocycles. The van der Waals surface area contributed by atoms with Crippen molar-refractivity contribution in [2.45, 2.75) is 46.2 Å². The molecule has 148 valence electrons. The fourth-order valence-corrected chi connectivity index (χ4v) is 4.49. The zero-order valence-corrected chi connectivity index (χ0v) is 17.1. The van der Waals surface area contributed by atoms with Crippen molar-refractivity contribution in [3.05, 3.63) is 0 Å². The molecule has 4 atom stereocenters. The summed E-state index contributed by atoms with van der Waals surface area (Å²) in [6.45, 7) is 10.3. The van der Waals surface area contributed by atoms with Crippen molar-refractivity contribution in [3.8, 4) is 0 Å². The quantitative estimate of drug-likeness (QED) is 0.676. The molecule has 3 rings (SSSR count). The third-order valence-corrected chi connectivity index (χ3v) is 5.86. The third kappa shape index (κ3) is 3.42. The summed E-state index contributed by atoms with van der Waals surface area (Å²) < 4.78 is 1.81. The molecule has 0 aliphatic carbocycles. The Morgan fingerprint density at radius 2 is 1.78 bits per heavy atom. The molecule has 0 N–H and O–H groups in total. The highest BCUT2D eigenvalue weighted by atomic mass is 16.2. The van der Waals surface area contributed by atoms with Gasteiger partial charge in [-0.1, -0.05) is 13.8 Å². The molecule has 2 fully saturated rings. The number of imide groups is 1. The predicted molar refractivity (Wildman–Crippen MR) is 102 cm³/mol. The van der Waals surface area contributed by atoms with Gasteiger partial charge in [0.2, 0.25) is 0 Å². The lowest BCUT2D eigenvalue weighted by atomic mass is 9.92. The van der Waals surface area contributed by atoms with Gasteiger partial charge in [-0.3, -0.25) is 24.3 Å². The number of rotatable bonds is 4. The van der Waals surface area contributed by atoms with Crippen LogP contribution in [0.15, 0.2) is 4.99 Å². The summed E-state index contributed by atoms with van der Waals surface area (Å²) in [5.41, 5.74) is 0. The molecule has 3 heterocycles. The lowest BCUT2D eigenvalue weighted by Gasteiger charge is -2.34. The van der Waals surface area contributed by atoms with E-state index >= 15 is 0 Å². The largest absolute Gasteiger partial charge is 0.333 e. The van der Waals surface area contributed by atoms with E-state index in [1.807, 2.05) is 4.58 Å². The molecule has 0 aromatic carbocycles. The van der Waals surface area contributed by atoms with Crippen molar-refractivity contribution in [2.24, 2.45) is 16.8 Å². The maximum absolute atomic E-state index is 12.9. The van der Waals surface area contributed by atoms with Crippen LogP contribution in [0.5, 0.6) is 0 Å². The molecule has 3 aliphatic heterocycles. The number of carbonyl (C=O) groups is 3. The highest BCUT2D eigenvalue weighted by Gasteiger charge is 2.54. The number of hydrogen-bond donors (Lipinski definition) is 0. The molecule has 0 aromatic rings. The summed E-state index contributed by atoms with van der Waals surface area (Å²) in [6.07, 6.45) is 1.21. The fourth-order valence-electron chi connectivity index (χ4n) is 4.49. The SMILES string of the molecule is CC(=O)C(C)[N+]1=C(CN2CC(C)CC(C)C2)N=C2C1C(=O)N(C)C(=O)N2C. The number of hydrogen-bond acceptors (Lipinski definition) is 5. The Bertz CT molecular complexity index is 734. The van der Waals surface area contributed by atoms with Crippen LogP contribution in [0.25, 0.3) is 0 Å². The second-order valence-electron chi connectivity index (χ2n) is 8.36. The molecule has 4 unspecified atom stereocenters. The summed E-state index contributed by atoms with van der Waals surface area (Å²) in [5.74, 6) is 1.95. The first-order chi connectivity index (χ1) is 12.6. The molecule has 0 spiro atoms. The molecular weight excluding hydrogens is 346 g/mol. The van der Waals surface area contributed by atoms with E-state index < -0.39 is 18.1 Å². The summed E-state index contributed by atoms with van der Waals surface area (Å²) in [4.78, 5) is 46.9. The van der Waals surface area contributed by atoms with Crippen molar-refractivity contribution in [2.75, 3.05) is 33.7 Å². The van der Waals surface area contributed by atoms with Gasteiger partial charge in [-0.05, 0) is 37.1 Å². The van der Waals surface area contributed by atoms with Gasteiger partial charge in [0.05, 0.1) is 0 Å². The van der Waals surface area contributed by atoms with Gasteiger partial charge in [0, 0.05) is 27.2 Å². The first kappa shape index (κ1) is 19.7. The molecule has 0 aromatic heterocycles. The van der Waals surface area contributed by atoms with Crippen molar-refractivity contribution in [3.63, 3.8) is 0 Å². The van der Waals surface area contributed by atoms with Crippen LogP contribution in [0.4, 0.5) is 4.79 Å². The molecule has 8 nitrogen and oxygen atoms in total. The number of Topliss-reactive ketones (excluding diaryl/α,β-unsaturated/α-hetero) is 1. The van der Waals surface area contributed by atoms with Gasteiger partial charge in [0.1, 0.15) is 6.54 Å². The Morgan fingerprint density at radius 3 is 2.33 bits per heavy atom. The van der Waals surface area contributed by atoms with E-state index in [1.165, 1.54) is 25.3 Å². The summed E-state index contributed by atoms with van der Waals surface area (Å²) in [7, 11) is 3.10. The van der Waals surface area contributed by atoms with Crippen molar-refractivity contribution in [1.29, 1.82) is 0 Å². The summed E-state index contributed by atoms with van der Waals surface area (Å²) >= 11 is 0. The first-order valence-electron chi connectivity index (χ1n) is 9.62. The zero-order chi connectivity index (χ0) is 20.0. The Labute approximate surface area is 160 Å². The number of nitrogens with zero attached hydrogens (tertiary/aromatic N) is 5. The fraction of sp³-hybridized carbons (Fsp3) is 0.737. The molecule has 27 heavy (non-hydrogen) atoms. The van der Waals surface area contributed by atoms with Crippen LogP contribution in [0.3, 0.4) is 0 Å². The lowest BCUT2D eigenvalue weighted by molar-refractivity contribution is -0.556.